The number of anilines is 1. The van der Waals surface area contributed by atoms with Crippen LogP contribution in [0.3, 0.4) is 0 Å². The van der Waals surface area contributed by atoms with Crippen molar-refractivity contribution in [2.45, 2.75) is 58.3 Å². The van der Waals surface area contributed by atoms with E-state index in [2.05, 4.69) is 5.32 Å². The van der Waals surface area contributed by atoms with E-state index < -0.39 is 10.0 Å². The van der Waals surface area contributed by atoms with Crippen molar-refractivity contribution in [1.82, 2.24) is 10.3 Å². The first-order valence-electron chi connectivity index (χ1n) is 12.3. The van der Waals surface area contributed by atoms with Crippen molar-refractivity contribution in [2.75, 3.05) is 24.2 Å². The fourth-order valence-electron chi connectivity index (χ4n) is 4.42. The fraction of sp³-hybridized carbons (Fsp3) is 0.444. The SMILES string of the molecule is CNC(=O)c1c(-c2ccc(C)cc2)oc2nc(N(CCCCCC(C)=O)S(C)(=O)=O)c(C3CC3)cc12. The Labute approximate surface area is 212 Å². The van der Waals surface area contributed by atoms with Gasteiger partial charge in [-0.1, -0.05) is 36.2 Å². The number of nitrogens with zero attached hydrogens (tertiary/aromatic N) is 2. The number of unbranched alkanes of at least 4 members (excludes halogenated alkanes) is 2. The molecule has 2 aromatic heterocycles. The Balaban J connectivity index is 1.81. The number of hydrogen-bond acceptors (Lipinski definition) is 6. The summed E-state index contributed by atoms with van der Waals surface area (Å²) >= 11 is 0. The average Bonchev–Trinajstić information content (AvgIpc) is 3.60. The number of hydrogen-bond donors (Lipinski definition) is 1. The molecule has 1 aliphatic rings. The standard InChI is InChI=1S/C27H33N3O5S/c1-17-9-11-20(12-10-17)24-23(26(32)28-3)22-16-21(19-13-14-19)25(29-27(22)35-24)30(36(4,33)34)15-7-5-6-8-18(2)31/h9-12,16,19H,5-8,13-15H2,1-4H3,(H,28,32). The zero-order chi connectivity index (χ0) is 26.0. The molecule has 192 valence electrons. The molecule has 36 heavy (non-hydrogen) atoms. The summed E-state index contributed by atoms with van der Waals surface area (Å²) in [6.07, 6.45) is 5.63. The number of fused-ring (bicyclic) bond motifs is 1. The smallest absolute Gasteiger partial charge is 0.255 e. The predicted molar refractivity (Wildman–Crippen MR) is 141 cm³/mol. The van der Waals surface area contributed by atoms with Gasteiger partial charge in [-0.2, -0.15) is 4.98 Å². The summed E-state index contributed by atoms with van der Waals surface area (Å²) in [5.41, 5.74) is 3.27. The molecule has 4 rings (SSSR count). The molecule has 1 amide bonds. The number of ketones is 1. The largest absolute Gasteiger partial charge is 0.437 e. The molecule has 0 unspecified atom stereocenters. The quantitative estimate of drug-likeness (QED) is 0.365. The van der Waals surface area contributed by atoms with Crippen LogP contribution in [0.4, 0.5) is 5.82 Å². The topological polar surface area (TPSA) is 110 Å². The molecule has 0 bridgehead atoms. The zero-order valence-corrected chi connectivity index (χ0v) is 22.1. The molecule has 0 spiro atoms. The van der Waals surface area contributed by atoms with Crippen LogP contribution in [0.25, 0.3) is 22.4 Å². The van der Waals surface area contributed by atoms with E-state index >= 15 is 0 Å². The first-order chi connectivity index (χ1) is 17.1. The monoisotopic (exact) mass is 511 g/mol. The normalized spacial score (nSPS) is 13.7. The van der Waals surface area contributed by atoms with Crippen LogP contribution in [0.5, 0.6) is 0 Å². The number of carbonyl (C=O) groups is 2. The van der Waals surface area contributed by atoms with Gasteiger partial charge >= 0.3 is 0 Å². The van der Waals surface area contributed by atoms with Gasteiger partial charge in [-0.25, -0.2) is 8.42 Å². The molecule has 3 aromatic rings. The number of carbonyl (C=O) groups excluding carboxylic acids is 2. The molecule has 1 saturated carbocycles. The second-order valence-electron chi connectivity index (χ2n) is 9.63. The lowest BCUT2D eigenvalue weighted by Gasteiger charge is -2.24. The van der Waals surface area contributed by atoms with Crippen LogP contribution >= 0.6 is 0 Å². The Morgan fingerprint density at radius 3 is 2.42 bits per heavy atom. The molecule has 0 aliphatic heterocycles. The van der Waals surface area contributed by atoms with Crippen LogP contribution in [-0.4, -0.2) is 44.9 Å². The molecule has 0 saturated heterocycles. The Bertz CT molecular complexity index is 1390. The highest BCUT2D eigenvalue weighted by atomic mass is 32.2. The highest BCUT2D eigenvalue weighted by molar-refractivity contribution is 7.92. The number of benzene rings is 1. The summed E-state index contributed by atoms with van der Waals surface area (Å²) in [6, 6.07) is 9.57. The van der Waals surface area contributed by atoms with E-state index in [0.29, 0.717) is 35.4 Å². The van der Waals surface area contributed by atoms with E-state index in [1.54, 1.807) is 14.0 Å². The van der Waals surface area contributed by atoms with Crippen LogP contribution in [0.2, 0.25) is 0 Å². The third-order valence-electron chi connectivity index (χ3n) is 6.50. The van der Waals surface area contributed by atoms with E-state index in [1.165, 1.54) is 10.6 Å². The molecule has 1 aromatic carbocycles. The lowest BCUT2D eigenvalue weighted by atomic mass is 10.0. The molecule has 0 atom stereocenters. The lowest BCUT2D eigenvalue weighted by Crippen LogP contribution is -2.32. The molecule has 9 heteroatoms. The van der Waals surface area contributed by atoms with E-state index in [1.807, 2.05) is 37.3 Å². The van der Waals surface area contributed by atoms with Crippen LogP contribution < -0.4 is 9.62 Å². The molecule has 8 nitrogen and oxygen atoms in total. The highest BCUT2D eigenvalue weighted by Crippen LogP contribution is 2.46. The third-order valence-corrected chi connectivity index (χ3v) is 7.66. The first kappa shape index (κ1) is 25.9. The van der Waals surface area contributed by atoms with E-state index in [4.69, 9.17) is 9.40 Å². The molecular weight excluding hydrogens is 478 g/mol. The van der Waals surface area contributed by atoms with Crippen molar-refractivity contribution in [3.8, 4) is 11.3 Å². The summed E-state index contributed by atoms with van der Waals surface area (Å²) < 4.78 is 33.2. The minimum atomic E-state index is -3.62. The number of sulfonamides is 1. The Morgan fingerprint density at radius 1 is 1.14 bits per heavy atom. The maximum Gasteiger partial charge on any atom is 0.255 e. The number of aromatic nitrogens is 1. The van der Waals surface area contributed by atoms with Crippen molar-refractivity contribution in [2.24, 2.45) is 0 Å². The first-order valence-corrected chi connectivity index (χ1v) is 14.2. The number of aryl methyl sites for hydroxylation is 1. The second kappa shape index (κ2) is 10.4. The Kier molecular flexibility index (Phi) is 7.49. The molecular formula is C27H33N3O5S. The molecule has 2 heterocycles. The van der Waals surface area contributed by atoms with Gasteiger partial charge in [-0.15, -0.1) is 0 Å². The fourth-order valence-corrected chi connectivity index (χ4v) is 5.34. The maximum atomic E-state index is 12.9. The highest BCUT2D eigenvalue weighted by Gasteiger charge is 2.34. The predicted octanol–water partition coefficient (Wildman–Crippen LogP) is 4.96. The van der Waals surface area contributed by atoms with Gasteiger partial charge in [0.05, 0.1) is 17.2 Å². The molecule has 1 aliphatic carbocycles. The van der Waals surface area contributed by atoms with Crippen molar-refractivity contribution >= 4 is 38.6 Å². The van der Waals surface area contributed by atoms with Crippen LogP contribution in [0, 0.1) is 6.92 Å². The molecule has 1 fully saturated rings. The van der Waals surface area contributed by atoms with Gasteiger partial charge in [0.2, 0.25) is 15.7 Å². The molecule has 1 N–H and O–H groups in total. The summed E-state index contributed by atoms with van der Waals surface area (Å²) in [6.45, 7) is 3.81. The van der Waals surface area contributed by atoms with Crippen LogP contribution in [0.1, 0.15) is 72.9 Å². The Morgan fingerprint density at radius 2 is 1.83 bits per heavy atom. The van der Waals surface area contributed by atoms with Crippen LogP contribution in [-0.2, 0) is 14.8 Å². The van der Waals surface area contributed by atoms with Gasteiger partial charge in [-0.3, -0.25) is 9.10 Å². The van der Waals surface area contributed by atoms with Gasteiger partial charge < -0.3 is 14.5 Å². The lowest BCUT2D eigenvalue weighted by molar-refractivity contribution is -0.117. The van der Waals surface area contributed by atoms with Crippen molar-refractivity contribution in [3.05, 3.63) is 47.0 Å². The average molecular weight is 512 g/mol. The zero-order valence-electron chi connectivity index (χ0n) is 21.3. The summed E-state index contributed by atoms with van der Waals surface area (Å²) in [5.74, 6) is 0.810. The number of furan rings is 1. The number of rotatable bonds is 11. The minimum Gasteiger partial charge on any atom is -0.437 e. The van der Waals surface area contributed by atoms with Gasteiger partial charge in [0.1, 0.15) is 17.4 Å². The van der Waals surface area contributed by atoms with E-state index in [9.17, 15) is 18.0 Å². The number of nitrogens with one attached hydrogen (secondary N) is 1. The number of pyridine rings is 1. The van der Waals surface area contributed by atoms with Gasteiger partial charge in [0.25, 0.3) is 5.91 Å². The van der Waals surface area contributed by atoms with Crippen LogP contribution in [0.15, 0.2) is 34.7 Å². The van der Waals surface area contributed by atoms with Gasteiger partial charge in [0, 0.05) is 25.6 Å². The van der Waals surface area contributed by atoms with Gasteiger partial charge in [0.15, 0.2) is 0 Å². The van der Waals surface area contributed by atoms with Crippen molar-refractivity contribution < 1.29 is 22.4 Å². The Hall–Kier alpha value is -3.20. The third kappa shape index (κ3) is 5.61. The summed E-state index contributed by atoms with van der Waals surface area (Å²) in [5, 5.41) is 3.27. The van der Waals surface area contributed by atoms with E-state index in [-0.39, 0.29) is 29.9 Å². The van der Waals surface area contributed by atoms with Crippen molar-refractivity contribution in [1.29, 1.82) is 0 Å². The minimum absolute atomic E-state index is 0.132. The van der Waals surface area contributed by atoms with Crippen molar-refractivity contribution in [3.63, 3.8) is 0 Å². The number of Topliss-reactive ketones (excluding diaryl/α,β-unsaturated/α-hetero) is 1. The second-order valence-corrected chi connectivity index (χ2v) is 11.5. The van der Waals surface area contributed by atoms with Gasteiger partial charge in [-0.05, 0) is 57.1 Å². The molecule has 0 radical (unpaired) electrons. The van der Waals surface area contributed by atoms with E-state index in [0.717, 1.165) is 42.4 Å². The summed E-state index contributed by atoms with van der Waals surface area (Å²) in [7, 11) is -2.05. The summed E-state index contributed by atoms with van der Waals surface area (Å²) in [4.78, 5) is 28.9. The number of amides is 1. The maximum absolute atomic E-state index is 12.9.